The fourth-order valence-electron chi connectivity index (χ4n) is 3.33. The Bertz CT molecular complexity index is 831. The second kappa shape index (κ2) is 6.13. The largest absolute Gasteiger partial charge is 0.289 e. The molecule has 0 amide bonds. The summed E-state index contributed by atoms with van der Waals surface area (Å²) in [6.45, 7) is 0. The summed E-state index contributed by atoms with van der Waals surface area (Å²) in [5.41, 5.74) is 4.19. The van der Waals surface area contributed by atoms with Crippen molar-refractivity contribution in [1.29, 1.82) is 0 Å². The Hall–Kier alpha value is -2.19. The first kappa shape index (κ1) is 14.4. The molecule has 114 valence electrons. The summed E-state index contributed by atoms with van der Waals surface area (Å²) in [4.78, 5) is 15.7. The van der Waals surface area contributed by atoms with Crippen molar-refractivity contribution in [2.24, 2.45) is 0 Å². The topological polar surface area (TPSA) is 17.1 Å². The summed E-state index contributed by atoms with van der Waals surface area (Å²) in [6, 6.07) is 20.0. The first-order valence-electron chi connectivity index (χ1n) is 8.14. The molecule has 0 bridgehead atoms. The van der Waals surface area contributed by atoms with Gasteiger partial charge in [-0.15, -0.1) is 11.3 Å². The lowest BCUT2D eigenvalue weighted by Gasteiger charge is -2.12. The van der Waals surface area contributed by atoms with Crippen molar-refractivity contribution in [3.05, 3.63) is 82.2 Å². The fourth-order valence-corrected chi connectivity index (χ4v) is 4.72. The minimum Gasteiger partial charge on any atom is -0.289 e. The molecule has 2 heteroatoms. The van der Waals surface area contributed by atoms with Crippen molar-refractivity contribution < 1.29 is 4.79 Å². The Kier molecular flexibility index (Phi) is 3.84. The van der Waals surface area contributed by atoms with Gasteiger partial charge in [0.2, 0.25) is 0 Å². The molecular weight excluding hydrogens is 300 g/mol. The highest BCUT2D eigenvalue weighted by molar-refractivity contribution is 7.16. The summed E-state index contributed by atoms with van der Waals surface area (Å²) < 4.78 is 0. The van der Waals surface area contributed by atoms with Gasteiger partial charge in [-0.05, 0) is 36.8 Å². The van der Waals surface area contributed by atoms with E-state index in [9.17, 15) is 4.79 Å². The van der Waals surface area contributed by atoms with E-state index < -0.39 is 0 Å². The van der Waals surface area contributed by atoms with Crippen molar-refractivity contribution >= 4 is 17.1 Å². The third-order valence-corrected chi connectivity index (χ3v) is 5.81. The summed E-state index contributed by atoms with van der Waals surface area (Å²) >= 11 is 1.82. The highest BCUT2D eigenvalue weighted by Crippen LogP contribution is 2.41. The van der Waals surface area contributed by atoms with E-state index in [2.05, 4.69) is 12.1 Å². The smallest absolute Gasteiger partial charge is 0.194 e. The van der Waals surface area contributed by atoms with Gasteiger partial charge in [-0.25, -0.2) is 0 Å². The molecule has 0 unspecified atom stereocenters. The number of aryl methyl sites for hydroxylation is 1. The van der Waals surface area contributed by atoms with E-state index >= 15 is 0 Å². The Morgan fingerprint density at radius 3 is 2.22 bits per heavy atom. The molecule has 2 aromatic carbocycles. The van der Waals surface area contributed by atoms with Gasteiger partial charge in [-0.2, -0.15) is 0 Å². The van der Waals surface area contributed by atoms with Crippen LogP contribution < -0.4 is 0 Å². The van der Waals surface area contributed by atoms with Gasteiger partial charge in [0.15, 0.2) is 5.78 Å². The van der Waals surface area contributed by atoms with E-state index in [4.69, 9.17) is 0 Å². The first-order valence-corrected chi connectivity index (χ1v) is 8.96. The van der Waals surface area contributed by atoms with Crippen LogP contribution in [0.4, 0.5) is 0 Å². The highest BCUT2D eigenvalue weighted by Gasteiger charge is 2.26. The molecule has 1 aromatic heterocycles. The quantitative estimate of drug-likeness (QED) is 0.581. The molecule has 0 radical (unpaired) electrons. The van der Waals surface area contributed by atoms with Gasteiger partial charge in [0.05, 0.1) is 0 Å². The molecule has 23 heavy (non-hydrogen) atoms. The van der Waals surface area contributed by atoms with E-state index in [1.807, 2.05) is 59.9 Å². The van der Waals surface area contributed by atoms with Crippen LogP contribution >= 0.6 is 11.3 Å². The van der Waals surface area contributed by atoms with Gasteiger partial charge in [0.1, 0.15) is 0 Å². The molecule has 0 saturated heterocycles. The Labute approximate surface area is 140 Å². The van der Waals surface area contributed by atoms with Crippen LogP contribution in [0.3, 0.4) is 0 Å². The van der Waals surface area contributed by atoms with Crippen molar-refractivity contribution in [3.63, 3.8) is 0 Å². The number of rotatable bonds is 3. The summed E-state index contributed by atoms with van der Waals surface area (Å²) in [5, 5.41) is 0. The predicted octanol–water partition coefficient (Wildman–Crippen LogP) is 5.52. The van der Waals surface area contributed by atoms with Crippen LogP contribution in [0.15, 0.2) is 60.7 Å². The molecule has 0 spiro atoms. The normalized spacial score (nSPS) is 13.6. The molecule has 0 atom stereocenters. The second-order valence-electron chi connectivity index (χ2n) is 5.98. The lowest BCUT2D eigenvalue weighted by Crippen LogP contribution is -2.08. The summed E-state index contributed by atoms with van der Waals surface area (Å²) in [6.07, 6.45) is 4.57. The lowest BCUT2D eigenvalue weighted by molar-refractivity contribution is 0.103. The number of benzene rings is 2. The Balaban J connectivity index is 1.90. The molecule has 1 nitrogen and oxygen atoms in total. The van der Waals surface area contributed by atoms with Crippen molar-refractivity contribution in [2.45, 2.75) is 25.7 Å². The van der Waals surface area contributed by atoms with Gasteiger partial charge in [0, 0.05) is 20.9 Å². The first-order chi connectivity index (χ1) is 11.3. The number of thiophene rings is 1. The third kappa shape index (κ3) is 2.64. The maximum absolute atomic E-state index is 13.2. The maximum Gasteiger partial charge on any atom is 0.194 e. The molecule has 0 saturated carbocycles. The average molecular weight is 318 g/mol. The SMILES string of the molecule is O=C(c1ccccc1)c1c(-c2ccccc2)sc2c1CCCC2. The Morgan fingerprint density at radius 1 is 0.826 bits per heavy atom. The maximum atomic E-state index is 13.2. The molecule has 0 fully saturated rings. The van der Waals surface area contributed by atoms with E-state index in [1.165, 1.54) is 23.3 Å². The zero-order valence-corrected chi connectivity index (χ0v) is 13.7. The van der Waals surface area contributed by atoms with Crippen LogP contribution in [0, 0.1) is 0 Å². The molecule has 1 aliphatic carbocycles. The van der Waals surface area contributed by atoms with Crippen LogP contribution in [0.2, 0.25) is 0 Å². The number of hydrogen-bond donors (Lipinski definition) is 0. The van der Waals surface area contributed by atoms with E-state index in [1.54, 1.807) is 0 Å². The van der Waals surface area contributed by atoms with Crippen LogP contribution in [-0.4, -0.2) is 5.78 Å². The second-order valence-corrected chi connectivity index (χ2v) is 7.08. The molecule has 4 rings (SSSR count). The molecule has 1 heterocycles. The van der Waals surface area contributed by atoms with E-state index in [0.29, 0.717) is 0 Å². The number of carbonyl (C=O) groups is 1. The average Bonchev–Trinajstić information content (AvgIpc) is 3.02. The standard InChI is InChI=1S/C21H18OS/c22-20(15-9-3-1-4-10-15)19-17-13-7-8-14-18(17)23-21(19)16-11-5-2-6-12-16/h1-6,9-12H,7-8,13-14H2. The zero-order chi connectivity index (χ0) is 15.6. The van der Waals surface area contributed by atoms with Gasteiger partial charge >= 0.3 is 0 Å². The zero-order valence-electron chi connectivity index (χ0n) is 12.9. The minimum atomic E-state index is 0.170. The summed E-state index contributed by atoms with van der Waals surface area (Å²) in [7, 11) is 0. The number of fused-ring (bicyclic) bond motifs is 1. The fraction of sp³-hybridized carbons (Fsp3) is 0.190. The molecule has 0 aliphatic heterocycles. The third-order valence-electron chi connectivity index (χ3n) is 4.47. The number of carbonyl (C=O) groups excluding carboxylic acids is 1. The van der Waals surface area contributed by atoms with Crippen molar-refractivity contribution in [3.8, 4) is 10.4 Å². The Morgan fingerprint density at radius 2 is 1.48 bits per heavy atom. The van der Waals surface area contributed by atoms with Gasteiger partial charge in [0.25, 0.3) is 0 Å². The predicted molar refractivity (Wildman–Crippen MR) is 96.3 cm³/mol. The highest BCUT2D eigenvalue weighted by atomic mass is 32.1. The van der Waals surface area contributed by atoms with E-state index in [0.717, 1.165) is 34.4 Å². The van der Waals surface area contributed by atoms with Gasteiger partial charge in [-0.1, -0.05) is 60.7 Å². The van der Waals surface area contributed by atoms with Crippen LogP contribution in [0.5, 0.6) is 0 Å². The van der Waals surface area contributed by atoms with Gasteiger partial charge < -0.3 is 0 Å². The number of ketones is 1. The lowest BCUT2D eigenvalue weighted by atomic mass is 9.90. The minimum absolute atomic E-state index is 0.170. The van der Waals surface area contributed by atoms with Crippen molar-refractivity contribution in [2.75, 3.05) is 0 Å². The molecule has 3 aromatic rings. The summed E-state index contributed by atoms with van der Waals surface area (Å²) in [5.74, 6) is 0.170. The van der Waals surface area contributed by atoms with Crippen LogP contribution in [-0.2, 0) is 12.8 Å². The monoisotopic (exact) mass is 318 g/mol. The molecule has 1 aliphatic rings. The number of hydrogen-bond acceptors (Lipinski definition) is 2. The van der Waals surface area contributed by atoms with Crippen LogP contribution in [0.1, 0.15) is 39.2 Å². The van der Waals surface area contributed by atoms with Crippen LogP contribution in [0.25, 0.3) is 10.4 Å². The van der Waals surface area contributed by atoms with Gasteiger partial charge in [-0.3, -0.25) is 4.79 Å². The molecule has 0 N–H and O–H groups in total. The van der Waals surface area contributed by atoms with E-state index in [-0.39, 0.29) is 5.78 Å². The van der Waals surface area contributed by atoms with Crippen molar-refractivity contribution in [1.82, 2.24) is 0 Å². The molecular formula is C21H18OS.